The molecule has 2 aliphatic heterocycles. The zero-order valence-electron chi connectivity index (χ0n) is 30.5. The SMILES string of the molecule is [Cl][Sb-]([Cl])([Cl])([Cl])([Cl])[Cl].[Cl][Sb-]([Cl])([Cl])([Cl])([Cl])[Cl].c1ccc(N2c3ccccc3[N+](c3cccc([N+]4c5ccccc5N(c5ccccc5)c5ccccc54)c3)c3ccccc32)cc1. The van der Waals surface area contributed by atoms with Gasteiger partial charge in [0.05, 0.1) is 6.07 Å². The standard InChI is InChI=1S/C42H30N4.12ClH.2Sb/c1-3-16-31(17-4-1)43-35-22-7-11-26-39(35)45(40-27-12-8-23-36(40)43)33-20-15-21-34(30-33)46-41-28-13-9-24-37(41)44(32-18-5-2-6-19-32)38-25-10-14-29-42(38)46;;;;;;;;;;;;;;/h1-30H;12*1H;;/q+2;;;;;;;;;;;;;2*+5/p-12. The second kappa shape index (κ2) is 16.6. The van der Waals surface area contributed by atoms with Crippen LogP contribution < -0.4 is 19.6 Å². The first-order valence-electron chi connectivity index (χ1n) is 17.7. The van der Waals surface area contributed by atoms with Gasteiger partial charge >= 0.3 is 124 Å². The molecule has 0 amide bonds. The molecule has 4 nitrogen and oxygen atoms in total. The molecular formula is C42H30Cl12N4Sb2. The van der Waals surface area contributed by atoms with Gasteiger partial charge in [-0.05, 0) is 54.6 Å². The molecule has 60 heavy (non-hydrogen) atoms. The molecule has 0 aliphatic carbocycles. The van der Waals surface area contributed by atoms with Gasteiger partial charge in [-0.15, -0.1) is 0 Å². The molecular weight excluding hydrogens is 1230 g/mol. The zero-order valence-corrected chi connectivity index (χ0v) is 44.7. The molecule has 0 fully saturated rings. The Labute approximate surface area is 388 Å². The quantitative estimate of drug-likeness (QED) is 0.129. The Balaban J connectivity index is 0.000000337. The number of fused-ring (bicyclic) bond motifs is 4. The minimum absolute atomic E-state index is 1.10. The van der Waals surface area contributed by atoms with E-state index >= 15 is 0 Å². The van der Waals surface area contributed by atoms with Crippen LogP contribution in [0.3, 0.4) is 0 Å². The molecule has 312 valence electrons. The fourth-order valence-corrected chi connectivity index (χ4v) is 6.93. The summed E-state index contributed by atoms with van der Waals surface area (Å²) in [6, 6.07) is 64.9. The third-order valence-electron chi connectivity index (χ3n) is 8.83. The summed E-state index contributed by atoms with van der Waals surface area (Å²) in [6.45, 7) is 0. The van der Waals surface area contributed by atoms with E-state index in [1.165, 1.54) is 0 Å². The van der Waals surface area contributed by atoms with Crippen LogP contribution in [-0.4, -0.2) is 18.3 Å². The molecule has 2 heterocycles. The second-order valence-corrected chi connectivity index (χ2v) is 127. The fourth-order valence-electron chi connectivity index (χ4n) is 6.93. The van der Waals surface area contributed by atoms with Gasteiger partial charge in [-0.1, -0.05) is 94.7 Å². The number of anilines is 12. The topological polar surface area (TPSA) is 18.3 Å². The molecule has 7 aromatic rings. The van der Waals surface area contributed by atoms with Crippen molar-refractivity contribution in [2.24, 2.45) is 0 Å². The number of nitrogens with zero attached hydrogens (tertiary/aromatic N) is 4. The second-order valence-electron chi connectivity index (χ2n) is 13.4. The minimum atomic E-state index is -5.42. The largest absolute Gasteiger partial charge is 0.299 e. The van der Waals surface area contributed by atoms with E-state index in [1.807, 2.05) is 0 Å². The van der Waals surface area contributed by atoms with Crippen LogP contribution in [0.4, 0.5) is 68.2 Å². The Morgan fingerprint density at radius 3 is 0.783 bits per heavy atom. The monoisotopic (exact) mass is 1250 g/mol. The molecule has 0 N–H and O–H groups in total. The van der Waals surface area contributed by atoms with Gasteiger partial charge in [0, 0.05) is 47.8 Å². The van der Waals surface area contributed by atoms with E-state index in [4.69, 9.17) is 106 Å². The first kappa shape index (κ1) is 47.1. The van der Waals surface area contributed by atoms with Crippen molar-refractivity contribution in [2.45, 2.75) is 0 Å². The van der Waals surface area contributed by atoms with Crippen molar-refractivity contribution in [2.75, 3.05) is 9.80 Å². The molecule has 0 atom stereocenters. The third-order valence-corrected chi connectivity index (χ3v) is 8.83. The predicted molar refractivity (Wildman–Crippen MR) is 273 cm³/mol. The van der Waals surface area contributed by atoms with Crippen molar-refractivity contribution in [3.8, 4) is 0 Å². The molecule has 0 saturated heterocycles. The van der Waals surface area contributed by atoms with Crippen LogP contribution in [0.2, 0.25) is 0 Å². The minimum Gasteiger partial charge on any atom is -0.299 e. The Morgan fingerprint density at radius 1 is 0.283 bits per heavy atom. The van der Waals surface area contributed by atoms with E-state index in [9.17, 15) is 0 Å². The molecule has 0 saturated carbocycles. The van der Waals surface area contributed by atoms with Crippen molar-refractivity contribution in [1.29, 1.82) is 0 Å². The fraction of sp³-hybridized carbons (Fsp3) is 0. The van der Waals surface area contributed by atoms with Crippen molar-refractivity contribution in [3.63, 3.8) is 0 Å². The van der Waals surface area contributed by atoms with E-state index in [2.05, 4.69) is 202 Å². The van der Waals surface area contributed by atoms with Gasteiger partial charge in [0.25, 0.3) is 0 Å². The summed E-state index contributed by atoms with van der Waals surface area (Å²) in [6.07, 6.45) is 0. The van der Waals surface area contributed by atoms with Gasteiger partial charge in [-0.3, -0.25) is 9.80 Å². The van der Waals surface area contributed by atoms with Crippen LogP contribution in [0, 0.1) is 0 Å². The number of hydrogen-bond acceptors (Lipinski definition) is 4. The van der Waals surface area contributed by atoms with Crippen LogP contribution in [0.5, 0.6) is 0 Å². The van der Waals surface area contributed by atoms with Gasteiger partial charge in [0.1, 0.15) is 22.7 Å². The average Bonchev–Trinajstić information content (AvgIpc) is 3.17. The van der Waals surface area contributed by atoms with Crippen molar-refractivity contribution < 1.29 is 0 Å². The Kier molecular flexibility index (Phi) is 13.0. The molecule has 9 rings (SSSR count). The van der Waals surface area contributed by atoms with Gasteiger partial charge < -0.3 is 0 Å². The number of benzene rings is 7. The van der Waals surface area contributed by atoms with E-state index in [0.717, 1.165) is 68.2 Å². The summed E-state index contributed by atoms with van der Waals surface area (Å²) in [5.41, 5.74) is 13.6. The molecule has 2 aliphatic rings. The van der Waals surface area contributed by atoms with Crippen molar-refractivity contribution in [1.82, 2.24) is 9.80 Å². The maximum Gasteiger partial charge on any atom is 0.216 e. The molecule has 2 radical (unpaired) electrons. The molecule has 0 aromatic heterocycles. The van der Waals surface area contributed by atoms with E-state index in [1.54, 1.807) is 0 Å². The van der Waals surface area contributed by atoms with Gasteiger partial charge in [0.15, 0.2) is 11.4 Å². The molecule has 7 aromatic carbocycles. The van der Waals surface area contributed by atoms with Crippen LogP contribution in [0.15, 0.2) is 182 Å². The molecule has 0 spiro atoms. The first-order valence-corrected chi connectivity index (χ1v) is 56.5. The van der Waals surface area contributed by atoms with E-state index in [-0.39, 0.29) is 0 Å². The maximum absolute atomic E-state index is 5.42. The van der Waals surface area contributed by atoms with E-state index in [0.29, 0.717) is 0 Å². The Bertz CT molecular complexity index is 2390. The summed E-state index contributed by atoms with van der Waals surface area (Å²) in [4.78, 5) is 9.51. The molecule has 18 heteroatoms. The average molecular weight is 1260 g/mol. The normalized spacial score (nSPS) is 16.0. The first-order chi connectivity index (χ1) is 27.8. The summed E-state index contributed by atoms with van der Waals surface area (Å²) in [7, 11) is 49.9. The number of para-hydroxylation sites is 10. The maximum atomic E-state index is 5.06. The summed E-state index contributed by atoms with van der Waals surface area (Å²) < 4.78 is 0. The molecule has 0 bridgehead atoms. The van der Waals surface area contributed by atoms with Crippen molar-refractivity contribution in [3.05, 3.63) is 182 Å². The van der Waals surface area contributed by atoms with Crippen LogP contribution in [0.1, 0.15) is 0 Å². The third kappa shape index (κ3) is 13.1. The Hall–Kier alpha value is -0.824. The summed E-state index contributed by atoms with van der Waals surface area (Å²) in [5.74, 6) is 0. The predicted octanol–water partition coefficient (Wildman–Crippen LogP) is 19.6. The smallest absolute Gasteiger partial charge is 0.216 e. The zero-order chi connectivity index (χ0) is 43.3. The van der Waals surface area contributed by atoms with Crippen LogP contribution in [0.25, 0.3) is 0 Å². The van der Waals surface area contributed by atoms with Gasteiger partial charge in [-0.2, -0.15) is 0 Å². The van der Waals surface area contributed by atoms with Crippen molar-refractivity contribution >= 4 is 192 Å². The van der Waals surface area contributed by atoms with Crippen LogP contribution in [-0.2, 0) is 0 Å². The summed E-state index contributed by atoms with van der Waals surface area (Å²) >= 11 is 0. The number of halogens is 12. The van der Waals surface area contributed by atoms with Gasteiger partial charge in [-0.25, -0.2) is 0 Å². The number of hydrogen-bond donors (Lipinski definition) is 0. The Morgan fingerprint density at radius 2 is 0.517 bits per heavy atom. The van der Waals surface area contributed by atoms with E-state index < -0.39 is 18.3 Å². The van der Waals surface area contributed by atoms with Crippen LogP contribution >= 0.6 is 106 Å². The number of rotatable bonds is 4. The van der Waals surface area contributed by atoms with Gasteiger partial charge in [0.2, 0.25) is 22.7 Å². The molecule has 0 unspecified atom stereocenters. The summed E-state index contributed by atoms with van der Waals surface area (Å²) in [5, 5.41) is 0.